The molecule has 0 spiro atoms. The van der Waals surface area contributed by atoms with E-state index in [9.17, 15) is 19.3 Å². The van der Waals surface area contributed by atoms with E-state index >= 15 is 0 Å². The lowest BCUT2D eigenvalue weighted by Crippen LogP contribution is -2.00. The molecule has 0 amide bonds. The van der Waals surface area contributed by atoms with Gasteiger partial charge in [-0.15, -0.1) is 0 Å². The van der Waals surface area contributed by atoms with E-state index in [1.807, 2.05) is 0 Å². The molecule has 0 saturated heterocycles. The van der Waals surface area contributed by atoms with Gasteiger partial charge in [-0.2, -0.15) is 0 Å². The third-order valence-corrected chi connectivity index (χ3v) is 3.32. The van der Waals surface area contributed by atoms with Gasteiger partial charge in [-0.3, -0.25) is 14.9 Å². The molecule has 108 valence electrons. The van der Waals surface area contributed by atoms with Crippen molar-refractivity contribution in [3.8, 4) is 11.5 Å². The molecule has 2 aromatic rings. The number of Topliss-reactive ketones (excluding diaryl/α,β-unsaturated/α-hetero) is 1. The summed E-state index contributed by atoms with van der Waals surface area (Å²) in [4.78, 5) is 21.7. The summed E-state index contributed by atoms with van der Waals surface area (Å²) in [6.07, 6.45) is 0. The van der Waals surface area contributed by atoms with E-state index < -0.39 is 16.5 Å². The van der Waals surface area contributed by atoms with Crippen molar-refractivity contribution in [3.05, 3.63) is 62.4 Å². The van der Waals surface area contributed by atoms with Crippen molar-refractivity contribution in [1.29, 1.82) is 0 Å². The molecule has 0 unspecified atom stereocenters. The second kappa shape index (κ2) is 6.01. The first kappa shape index (κ1) is 15.1. The molecule has 0 bridgehead atoms. The third-order valence-electron chi connectivity index (χ3n) is 2.67. The van der Waals surface area contributed by atoms with Crippen molar-refractivity contribution < 1.29 is 18.8 Å². The number of carbonyl (C=O) groups is 1. The summed E-state index contributed by atoms with van der Waals surface area (Å²) in [6.45, 7) is 1.23. The summed E-state index contributed by atoms with van der Waals surface area (Å²) in [5, 5.41) is 10.9. The zero-order chi connectivity index (χ0) is 15.6. The van der Waals surface area contributed by atoms with Gasteiger partial charge in [0.25, 0.3) is 5.69 Å². The van der Waals surface area contributed by atoms with Gasteiger partial charge < -0.3 is 4.74 Å². The first-order valence-corrected chi connectivity index (χ1v) is 6.60. The van der Waals surface area contributed by atoms with Crippen LogP contribution in [-0.4, -0.2) is 10.7 Å². The molecule has 2 rings (SSSR count). The number of nitro benzene ring substituents is 1. The van der Waals surface area contributed by atoms with E-state index in [1.54, 1.807) is 0 Å². The smallest absolute Gasteiger partial charge is 0.280 e. The van der Waals surface area contributed by atoms with Crippen molar-refractivity contribution in [2.24, 2.45) is 0 Å². The molecule has 0 radical (unpaired) electrons. The van der Waals surface area contributed by atoms with Crippen LogP contribution in [-0.2, 0) is 0 Å². The second-order valence-corrected chi connectivity index (χ2v) is 5.02. The minimum atomic E-state index is -0.640. The van der Waals surface area contributed by atoms with E-state index in [2.05, 4.69) is 15.9 Å². The number of ether oxygens (including phenoxy) is 1. The SMILES string of the molecule is CC(=O)c1cc(Oc2cc(F)ccc2Br)ccc1[N+](=O)[O-]. The fourth-order valence-electron chi connectivity index (χ4n) is 1.70. The summed E-state index contributed by atoms with van der Waals surface area (Å²) in [5.74, 6) is -0.525. The van der Waals surface area contributed by atoms with E-state index in [0.717, 1.165) is 0 Å². The molecular formula is C14H9BrFNO4. The Hall–Kier alpha value is -2.28. The fourth-order valence-corrected chi connectivity index (χ4v) is 2.03. The average Bonchev–Trinajstić information content (AvgIpc) is 2.42. The van der Waals surface area contributed by atoms with Crippen molar-refractivity contribution in [1.82, 2.24) is 0 Å². The minimum Gasteiger partial charge on any atom is -0.456 e. The molecule has 0 N–H and O–H groups in total. The lowest BCUT2D eigenvalue weighted by atomic mass is 10.1. The predicted octanol–water partition coefficient (Wildman–Crippen LogP) is 4.49. The van der Waals surface area contributed by atoms with Crippen LogP contribution < -0.4 is 4.74 Å². The Kier molecular flexibility index (Phi) is 4.32. The molecular weight excluding hydrogens is 345 g/mol. The van der Waals surface area contributed by atoms with Crippen LogP contribution >= 0.6 is 15.9 Å². The van der Waals surface area contributed by atoms with E-state index in [0.29, 0.717) is 4.47 Å². The highest BCUT2D eigenvalue weighted by Crippen LogP contribution is 2.32. The van der Waals surface area contributed by atoms with E-state index in [-0.39, 0.29) is 22.7 Å². The van der Waals surface area contributed by atoms with Crippen LogP contribution in [0.2, 0.25) is 0 Å². The van der Waals surface area contributed by atoms with Crippen LogP contribution in [0.1, 0.15) is 17.3 Å². The van der Waals surface area contributed by atoms with Crippen molar-refractivity contribution in [2.75, 3.05) is 0 Å². The maximum Gasteiger partial charge on any atom is 0.280 e. The third kappa shape index (κ3) is 3.43. The molecule has 7 heteroatoms. The highest BCUT2D eigenvalue weighted by atomic mass is 79.9. The van der Waals surface area contributed by atoms with Gasteiger partial charge in [0.2, 0.25) is 0 Å². The Morgan fingerprint density at radius 2 is 2.00 bits per heavy atom. The largest absolute Gasteiger partial charge is 0.456 e. The minimum absolute atomic E-state index is 0.0648. The number of benzene rings is 2. The monoisotopic (exact) mass is 353 g/mol. The molecule has 0 heterocycles. The predicted molar refractivity (Wildman–Crippen MR) is 77.3 cm³/mol. The van der Waals surface area contributed by atoms with Gasteiger partial charge >= 0.3 is 0 Å². The Bertz CT molecular complexity index is 733. The lowest BCUT2D eigenvalue weighted by Gasteiger charge is -2.09. The molecule has 0 aliphatic rings. The zero-order valence-electron chi connectivity index (χ0n) is 10.8. The van der Waals surface area contributed by atoms with Crippen LogP contribution in [0.5, 0.6) is 11.5 Å². The number of ketones is 1. The Morgan fingerprint density at radius 1 is 1.29 bits per heavy atom. The van der Waals surface area contributed by atoms with E-state index in [4.69, 9.17) is 4.74 Å². The van der Waals surface area contributed by atoms with Gasteiger partial charge in [-0.1, -0.05) is 0 Å². The first-order chi connectivity index (χ1) is 9.88. The number of hydrogen-bond donors (Lipinski definition) is 0. The molecule has 0 saturated carbocycles. The molecule has 0 aromatic heterocycles. The van der Waals surface area contributed by atoms with Gasteiger partial charge in [-0.25, -0.2) is 4.39 Å². The first-order valence-electron chi connectivity index (χ1n) is 5.81. The number of carbonyl (C=O) groups excluding carboxylic acids is 1. The summed E-state index contributed by atoms with van der Waals surface area (Å²) >= 11 is 3.21. The molecule has 0 aliphatic carbocycles. The summed E-state index contributed by atoms with van der Waals surface area (Å²) in [7, 11) is 0. The Morgan fingerprint density at radius 3 is 2.62 bits per heavy atom. The van der Waals surface area contributed by atoms with Gasteiger partial charge in [-0.05, 0) is 47.1 Å². The number of nitrogens with zero attached hydrogens (tertiary/aromatic N) is 1. The fraction of sp³-hybridized carbons (Fsp3) is 0.0714. The van der Waals surface area contributed by atoms with Crippen LogP contribution in [0.4, 0.5) is 10.1 Å². The number of nitro groups is 1. The molecule has 0 atom stereocenters. The van der Waals surface area contributed by atoms with Crippen LogP contribution in [0.25, 0.3) is 0 Å². The van der Waals surface area contributed by atoms with Gasteiger partial charge in [0.05, 0.1) is 15.0 Å². The van der Waals surface area contributed by atoms with Gasteiger partial charge in [0.15, 0.2) is 5.78 Å². The van der Waals surface area contributed by atoms with Gasteiger partial charge in [0, 0.05) is 12.1 Å². The summed E-state index contributed by atoms with van der Waals surface area (Å²) in [6, 6.07) is 7.69. The normalized spacial score (nSPS) is 10.2. The van der Waals surface area contributed by atoms with Crippen molar-refractivity contribution in [3.63, 3.8) is 0 Å². The topological polar surface area (TPSA) is 69.4 Å². The van der Waals surface area contributed by atoms with Crippen molar-refractivity contribution >= 4 is 27.4 Å². The molecule has 0 fully saturated rings. The van der Waals surface area contributed by atoms with Crippen LogP contribution in [0, 0.1) is 15.9 Å². The summed E-state index contributed by atoms with van der Waals surface area (Å²) < 4.78 is 19.2. The van der Waals surface area contributed by atoms with Crippen LogP contribution in [0.3, 0.4) is 0 Å². The van der Waals surface area contributed by atoms with Gasteiger partial charge in [0.1, 0.15) is 17.3 Å². The Balaban J connectivity index is 2.41. The maximum absolute atomic E-state index is 13.2. The number of rotatable bonds is 4. The lowest BCUT2D eigenvalue weighted by molar-refractivity contribution is -0.385. The zero-order valence-corrected chi connectivity index (χ0v) is 12.4. The highest BCUT2D eigenvalue weighted by molar-refractivity contribution is 9.10. The van der Waals surface area contributed by atoms with Crippen molar-refractivity contribution in [2.45, 2.75) is 6.92 Å². The average molecular weight is 354 g/mol. The standard InChI is InChI=1S/C14H9BrFNO4/c1-8(18)11-7-10(3-5-13(11)17(19)20)21-14-6-9(16)2-4-12(14)15/h2-7H,1H3. The highest BCUT2D eigenvalue weighted by Gasteiger charge is 2.18. The summed E-state index contributed by atoms with van der Waals surface area (Å²) in [5.41, 5.74) is -0.363. The number of halogens is 2. The second-order valence-electron chi connectivity index (χ2n) is 4.17. The molecule has 5 nitrogen and oxygen atoms in total. The quantitative estimate of drug-likeness (QED) is 0.461. The molecule has 21 heavy (non-hydrogen) atoms. The Labute approximate surface area is 127 Å². The molecule has 0 aliphatic heterocycles. The molecule has 2 aromatic carbocycles. The number of hydrogen-bond acceptors (Lipinski definition) is 4. The van der Waals surface area contributed by atoms with E-state index in [1.165, 1.54) is 43.3 Å². The maximum atomic E-state index is 13.2. The van der Waals surface area contributed by atoms with Crippen LogP contribution in [0.15, 0.2) is 40.9 Å².